The second-order valence-electron chi connectivity index (χ2n) is 7.69. The quantitative estimate of drug-likeness (QED) is 0.894. The number of hydrogen-bond donors (Lipinski definition) is 1. The van der Waals surface area contributed by atoms with Gasteiger partial charge in [0.05, 0.1) is 6.20 Å². The number of nitrogens with zero attached hydrogens (tertiary/aromatic N) is 4. The molecule has 0 aliphatic carbocycles. The molecule has 1 aliphatic heterocycles. The minimum Gasteiger partial charge on any atom is -0.341 e. The molecule has 3 heterocycles. The lowest BCUT2D eigenvalue weighted by atomic mass is 9.99. The molecule has 142 valence electrons. The zero-order chi connectivity index (χ0) is 18.8. The number of aryl methyl sites for hydroxylation is 2. The second-order valence-corrected chi connectivity index (χ2v) is 7.69. The van der Waals surface area contributed by atoms with Crippen molar-refractivity contribution in [3.8, 4) is 0 Å². The van der Waals surface area contributed by atoms with E-state index < -0.39 is 0 Å². The Labute approximate surface area is 156 Å². The number of piperidine rings is 1. The Balaban J connectivity index is 1.75. The summed E-state index contributed by atoms with van der Waals surface area (Å²) in [6.45, 7) is 10.1. The highest BCUT2D eigenvalue weighted by Gasteiger charge is 2.23. The highest BCUT2D eigenvalue weighted by atomic mass is 16.2. The first kappa shape index (κ1) is 18.8. The maximum Gasteiger partial charge on any atom is 0.222 e. The molecule has 1 amide bonds. The third-order valence-corrected chi connectivity index (χ3v) is 5.60. The van der Waals surface area contributed by atoms with Crippen LogP contribution in [0.1, 0.15) is 56.0 Å². The molecule has 0 aromatic carbocycles. The highest BCUT2D eigenvalue weighted by molar-refractivity contribution is 5.81. The van der Waals surface area contributed by atoms with Gasteiger partial charge in [-0.1, -0.05) is 0 Å². The number of amides is 1. The van der Waals surface area contributed by atoms with Crippen molar-refractivity contribution in [1.29, 1.82) is 0 Å². The monoisotopic (exact) mass is 357 g/mol. The number of aromatic nitrogens is 3. The zero-order valence-corrected chi connectivity index (χ0v) is 16.7. The number of carbonyl (C=O) groups is 1. The van der Waals surface area contributed by atoms with Gasteiger partial charge in [0.25, 0.3) is 0 Å². The SMILES string of the molecule is CN[C@@H]1CCCN(C(=O)CCc2c(C)nc3c(cnn3C(C)C)c2C)C1. The van der Waals surface area contributed by atoms with Gasteiger partial charge in [0.1, 0.15) is 0 Å². The molecule has 6 nitrogen and oxygen atoms in total. The van der Waals surface area contributed by atoms with Gasteiger partial charge in [-0.05, 0) is 65.1 Å². The first-order valence-corrected chi connectivity index (χ1v) is 9.70. The Kier molecular flexibility index (Phi) is 5.61. The molecule has 2 aromatic heterocycles. The van der Waals surface area contributed by atoms with E-state index in [4.69, 9.17) is 4.98 Å². The average molecular weight is 358 g/mol. The second kappa shape index (κ2) is 7.74. The van der Waals surface area contributed by atoms with Crippen molar-refractivity contribution < 1.29 is 4.79 Å². The lowest BCUT2D eigenvalue weighted by molar-refractivity contribution is -0.132. The van der Waals surface area contributed by atoms with Gasteiger partial charge in [0, 0.05) is 42.7 Å². The maximum absolute atomic E-state index is 12.7. The molecule has 6 heteroatoms. The number of rotatable bonds is 5. The van der Waals surface area contributed by atoms with E-state index in [1.54, 1.807) is 0 Å². The van der Waals surface area contributed by atoms with Gasteiger partial charge in [-0.25, -0.2) is 9.67 Å². The van der Waals surface area contributed by atoms with Crippen molar-refractivity contribution in [2.45, 2.75) is 65.5 Å². The number of nitrogens with one attached hydrogen (secondary N) is 1. The van der Waals surface area contributed by atoms with Crippen LogP contribution in [0.2, 0.25) is 0 Å². The van der Waals surface area contributed by atoms with Crippen LogP contribution in [0, 0.1) is 13.8 Å². The van der Waals surface area contributed by atoms with Crippen LogP contribution >= 0.6 is 0 Å². The van der Waals surface area contributed by atoms with Crippen LogP contribution in [0.4, 0.5) is 0 Å². The van der Waals surface area contributed by atoms with Crippen LogP contribution in [0.5, 0.6) is 0 Å². The fourth-order valence-electron chi connectivity index (χ4n) is 3.97. The number of likely N-dealkylation sites (N-methyl/N-ethyl adjacent to an activating group) is 1. The first-order chi connectivity index (χ1) is 12.4. The molecular formula is C20H31N5O. The van der Waals surface area contributed by atoms with Gasteiger partial charge in [0.2, 0.25) is 5.91 Å². The Bertz CT molecular complexity index is 795. The van der Waals surface area contributed by atoms with Crippen molar-refractivity contribution in [1.82, 2.24) is 25.0 Å². The fourth-order valence-corrected chi connectivity index (χ4v) is 3.97. The highest BCUT2D eigenvalue weighted by Crippen LogP contribution is 2.25. The summed E-state index contributed by atoms with van der Waals surface area (Å²) in [6.07, 6.45) is 5.43. The largest absolute Gasteiger partial charge is 0.341 e. The molecule has 2 aromatic rings. The third-order valence-electron chi connectivity index (χ3n) is 5.60. The molecule has 0 saturated carbocycles. The van der Waals surface area contributed by atoms with Gasteiger partial charge >= 0.3 is 0 Å². The summed E-state index contributed by atoms with van der Waals surface area (Å²) in [6, 6.07) is 0.710. The lowest BCUT2D eigenvalue weighted by Gasteiger charge is -2.32. The van der Waals surface area contributed by atoms with Gasteiger partial charge in [-0.15, -0.1) is 0 Å². The van der Waals surface area contributed by atoms with Crippen molar-refractivity contribution in [2.75, 3.05) is 20.1 Å². The molecule has 26 heavy (non-hydrogen) atoms. The minimum absolute atomic E-state index is 0.252. The fraction of sp³-hybridized carbons (Fsp3) is 0.650. The lowest BCUT2D eigenvalue weighted by Crippen LogP contribution is -2.47. The topological polar surface area (TPSA) is 63.1 Å². The molecule has 1 aliphatic rings. The molecule has 0 spiro atoms. The standard InChI is InChI=1S/C20H31N5O/c1-13(2)25-20-18(11-22-25)14(3)17(15(4)23-20)8-9-19(26)24-10-6-7-16(12-24)21-5/h11,13,16,21H,6-10,12H2,1-5H3/t16-/m1/s1. The predicted molar refractivity (Wildman–Crippen MR) is 104 cm³/mol. The minimum atomic E-state index is 0.252. The first-order valence-electron chi connectivity index (χ1n) is 9.70. The zero-order valence-electron chi connectivity index (χ0n) is 16.7. The van der Waals surface area contributed by atoms with Crippen LogP contribution in [-0.4, -0.2) is 51.8 Å². The normalized spacial score (nSPS) is 18.1. The summed E-state index contributed by atoms with van der Waals surface area (Å²) in [5, 5.41) is 8.89. The van der Waals surface area contributed by atoms with Crippen molar-refractivity contribution >= 4 is 16.9 Å². The van der Waals surface area contributed by atoms with E-state index in [0.717, 1.165) is 49.1 Å². The summed E-state index contributed by atoms with van der Waals surface area (Å²) in [4.78, 5) is 19.5. The number of pyridine rings is 1. The summed E-state index contributed by atoms with van der Waals surface area (Å²) < 4.78 is 1.97. The predicted octanol–water partition coefficient (Wildman–Crippen LogP) is 2.77. The van der Waals surface area contributed by atoms with Gasteiger partial charge in [-0.2, -0.15) is 5.10 Å². The van der Waals surface area contributed by atoms with E-state index in [2.05, 4.69) is 31.2 Å². The maximum atomic E-state index is 12.7. The number of fused-ring (bicyclic) bond motifs is 1. The third kappa shape index (κ3) is 3.61. The molecule has 1 N–H and O–H groups in total. The van der Waals surface area contributed by atoms with Gasteiger partial charge in [-0.3, -0.25) is 4.79 Å². The van der Waals surface area contributed by atoms with Crippen LogP contribution in [-0.2, 0) is 11.2 Å². The number of likely N-dealkylation sites (tertiary alicyclic amines) is 1. The number of hydrogen-bond acceptors (Lipinski definition) is 4. The smallest absolute Gasteiger partial charge is 0.222 e. The summed E-state index contributed by atoms with van der Waals surface area (Å²) in [7, 11) is 1.98. The molecule has 0 radical (unpaired) electrons. The molecule has 1 atom stereocenters. The number of carbonyl (C=O) groups excluding carboxylic acids is 1. The van der Waals surface area contributed by atoms with E-state index in [1.165, 1.54) is 11.1 Å². The summed E-state index contributed by atoms with van der Waals surface area (Å²) in [5.74, 6) is 0.252. The van der Waals surface area contributed by atoms with Gasteiger partial charge in [0.15, 0.2) is 5.65 Å². The Morgan fingerprint density at radius 3 is 2.85 bits per heavy atom. The molecule has 0 bridgehead atoms. The molecule has 1 saturated heterocycles. The van der Waals surface area contributed by atoms with Crippen LogP contribution in [0.15, 0.2) is 6.20 Å². The van der Waals surface area contributed by atoms with Crippen molar-refractivity contribution in [3.63, 3.8) is 0 Å². The summed E-state index contributed by atoms with van der Waals surface area (Å²) in [5.41, 5.74) is 4.35. The molecule has 1 fully saturated rings. The van der Waals surface area contributed by atoms with E-state index in [-0.39, 0.29) is 11.9 Å². The molecule has 0 unspecified atom stereocenters. The summed E-state index contributed by atoms with van der Waals surface area (Å²) >= 11 is 0. The van der Waals surface area contributed by atoms with E-state index in [1.807, 2.05) is 29.7 Å². The van der Waals surface area contributed by atoms with Crippen molar-refractivity contribution in [3.05, 3.63) is 23.0 Å². The molecular weight excluding hydrogens is 326 g/mol. The van der Waals surface area contributed by atoms with Crippen LogP contribution < -0.4 is 5.32 Å². The van der Waals surface area contributed by atoms with E-state index in [0.29, 0.717) is 12.5 Å². The van der Waals surface area contributed by atoms with Crippen LogP contribution in [0.3, 0.4) is 0 Å². The van der Waals surface area contributed by atoms with E-state index >= 15 is 0 Å². The Hall–Kier alpha value is -1.95. The van der Waals surface area contributed by atoms with Crippen LogP contribution in [0.25, 0.3) is 11.0 Å². The van der Waals surface area contributed by atoms with E-state index in [9.17, 15) is 4.79 Å². The molecule has 3 rings (SSSR count). The Morgan fingerprint density at radius 2 is 2.15 bits per heavy atom. The average Bonchev–Trinajstić information content (AvgIpc) is 3.05. The van der Waals surface area contributed by atoms with Crippen molar-refractivity contribution in [2.24, 2.45) is 0 Å². The van der Waals surface area contributed by atoms with Gasteiger partial charge < -0.3 is 10.2 Å². The Morgan fingerprint density at radius 1 is 1.38 bits per heavy atom.